The highest BCUT2D eigenvalue weighted by molar-refractivity contribution is 7.10. The van der Waals surface area contributed by atoms with Gasteiger partial charge in [0.1, 0.15) is 0 Å². The van der Waals surface area contributed by atoms with Crippen molar-refractivity contribution in [3.63, 3.8) is 0 Å². The van der Waals surface area contributed by atoms with Gasteiger partial charge in [0.05, 0.1) is 18.5 Å². The Kier molecular flexibility index (Phi) is 5.83. The molecule has 0 spiro atoms. The zero-order chi connectivity index (χ0) is 20.4. The Morgan fingerprint density at radius 1 is 1.10 bits per heavy atom. The van der Waals surface area contributed by atoms with E-state index in [2.05, 4.69) is 0 Å². The average Bonchev–Trinajstić information content (AvgIpc) is 3.42. The smallest absolute Gasteiger partial charge is 0.228 e. The van der Waals surface area contributed by atoms with Crippen molar-refractivity contribution < 1.29 is 9.59 Å². The summed E-state index contributed by atoms with van der Waals surface area (Å²) < 4.78 is 0. The molecule has 0 aliphatic carbocycles. The summed E-state index contributed by atoms with van der Waals surface area (Å²) in [6, 6.07) is 15.8. The minimum absolute atomic E-state index is 0.0808. The molecular weight excluding hydrogens is 400 g/mol. The molecule has 3 heterocycles. The van der Waals surface area contributed by atoms with Crippen molar-refractivity contribution in [1.29, 1.82) is 0 Å². The summed E-state index contributed by atoms with van der Waals surface area (Å²) in [6.07, 6.45) is 0.969. The summed E-state index contributed by atoms with van der Waals surface area (Å²) in [4.78, 5) is 32.3. The fourth-order valence-electron chi connectivity index (χ4n) is 3.94. The lowest BCUT2D eigenvalue weighted by atomic mass is 9.86. The lowest BCUT2D eigenvalue weighted by Gasteiger charge is -2.41. The first-order valence-corrected chi connectivity index (χ1v) is 11.5. The van der Waals surface area contributed by atoms with Crippen LogP contribution in [0.3, 0.4) is 0 Å². The second kappa shape index (κ2) is 8.51. The van der Waals surface area contributed by atoms with Crippen LogP contribution in [-0.4, -0.2) is 23.8 Å². The topological polar surface area (TPSA) is 40.6 Å². The lowest BCUT2D eigenvalue weighted by Crippen LogP contribution is -2.48. The number of anilines is 1. The van der Waals surface area contributed by atoms with E-state index < -0.39 is 0 Å². The number of hydrogen-bond donors (Lipinski definition) is 0. The van der Waals surface area contributed by atoms with E-state index in [1.54, 1.807) is 27.6 Å². The molecule has 1 aromatic carbocycles. The molecule has 0 N–H and O–H groups in total. The summed E-state index contributed by atoms with van der Waals surface area (Å²) in [6.45, 7) is 2.63. The van der Waals surface area contributed by atoms with Gasteiger partial charge in [0.15, 0.2) is 0 Å². The molecule has 4 rings (SSSR count). The zero-order valence-corrected chi connectivity index (χ0v) is 18.2. The summed E-state index contributed by atoms with van der Waals surface area (Å²) in [7, 11) is 1.86. The molecule has 0 saturated carbocycles. The highest BCUT2D eigenvalue weighted by Crippen LogP contribution is 2.42. The third-order valence-corrected chi connectivity index (χ3v) is 7.21. The summed E-state index contributed by atoms with van der Waals surface area (Å²) in [5.41, 5.74) is 2.01. The van der Waals surface area contributed by atoms with E-state index in [0.717, 1.165) is 21.0 Å². The minimum atomic E-state index is -0.266. The second-order valence-corrected chi connectivity index (χ2v) is 9.49. The van der Waals surface area contributed by atoms with Gasteiger partial charge < -0.3 is 9.80 Å². The number of carbonyl (C=O) groups excluding carboxylic acids is 2. The quantitative estimate of drug-likeness (QED) is 0.560. The van der Waals surface area contributed by atoms with Crippen molar-refractivity contribution >= 4 is 40.2 Å². The van der Waals surface area contributed by atoms with Crippen LogP contribution in [0.1, 0.15) is 34.2 Å². The van der Waals surface area contributed by atoms with Crippen LogP contribution in [0.15, 0.2) is 59.3 Å². The molecule has 29 heavy (non-hydrogen) atoms. The van der Waals surface area contributed by atoms with Crippen molar-refractivity contribution in [3.8, 4) is 0 Å². The number of nitrogens with zero attached hydrogens (tertiary/aromatic N) is 2. The van der Waals surface area contributed by atoms with Crippen LogP contribution in [0.4, 0.5) is 5.69 Å². The van der Waals surface area contributed by atoms with Gasteiger partial charge in [0, 0.05) is 28.9 Å². The summed E-state index contributed by atoms with van der Waals surface area (Å²) in [5.74, 6) is -0.0729. The van der Waals surface area contributed by atoms with Crippen molar-refractivity contribution in [1.82, 2.24) is 4.90 Å². The fourth-order valence-corrected chi connectivity index (χ4v) is 5.58. The van der Waals surface area contributed by atoms with Crippen LogP contribution in [0.2, 0.25) is 0 Å². The normalized spacial score (nSPS) is 19.4. The summed E-state index contributed by atoms with van der Waals surface area (Å²) in [5, 5.41) is 4.04. The van der Waals surface area contributed by atoms with Crippen molar-refractivity contribution in [2.24, 2.45) is 5.92 Å². The third-order valence-electron chi connectivity index (χ3n) is 5.41. The van der Waals surface area contributed by atoms with E-state index in [1.807, 2.05) is 78.2 Å². The Balaban J connectivity index is 1.67. The second-order valence-electron chi connectivity index (χ2n) is 7.48. The largest absolute Gasteiger partial charge is 0.340 e. The van der Waals surface area contributed by atoms with Gasteiger partial charge in [-0.2, -0.15) is 0 Å². The van der Waals surface area contributed by atoms with Crippen LogP contribution in [-0.2, 0) is 16.1 Å². The first-order chi connectivity index (χ1) is 14.0. The molecule has 1 aliphatic rings. The van der Waals surface area contributed by atoms with Crippen LogP contribution in [0, 0.1) is 12.8 Å². The molecule has 2 aromatic heterocycles. The van der Waals surface area contributed by atoms with Gasteiger partial charge in [-0.3, -0.25) is 9.59 Å². The van der Waals surface area contributed by atoms with Crippen molar-refractivity contribution in [2.75, 3.05) is 11.9 Å². The van der Waals surface area contributed by atoms with Crippen molar-refractivity contribution in [3.05, 3.63) is 74.6 Å². The Bertz CT molecular complexity index is 965. The van der Waals surface area contributed by atoms with E-state index in [1.165, 1.54) is 0 Å². The SMILES string of the molecule is Cc1ccc(N2C(=O)CCC(C(=O)N(C)Cc3cccs3)C2c2cccs2)cc1. The molecule has 0 bridgehead atoms. The summed E-state index contributed by atoms with van der Waals surface area (Å²) >= 11 is 3.27. The highest BCUT2D eigenvalue weighted by Gasteiger charge is 2.42. The highest BCUT2D eigenvalue weighted by atomic mass is 32.1. The predicted octanol–water partition coefficient (Wildman–Crippen LogP) is 5.26. The number of piperidine rings is 1. The molecule has 1 aliphatic heterocycles. The van der Waals surface area contributed by atoms with E-state index >= 15 is 0 Å². The number of carbonyl (C=O) groups is 2. The Morgan fingerprint density at radius 2 is 1.83 bits per heavy atom. The first kappa shape index (κ1) is 19.9. The van der Waals surface area contributed by atoms with Gasteiger partial charge in [-0.15, -0.1) is 22.7 Å². The number of thiophene rings is 2. The molecule has 2 atom stereocenters. The van der Waals surface area contributed by atoms with Gasteiger partial charge in [0.25, 0.3) is 0 Å². The Hall–Kier alpha value is -2.44. The average molecular weight is 425 g/mol. The molecule has 150 valence electrons. The Labute approximate surface area is 179 Å². The molecule has 2 unspecified atom stereocenters. The number of rotatable bonds is 5. The molecule has 6 heteroatoms. The standard InChI is InChI=1S/C23H24N2O2S2/c1-16-7-9-17(10-8-16)25-21(26)12-11-19(22(25)20-6-4-14-29-20)23(27)24(2)15-18-5-3-13-28-18/h3-10,13-14,19,22H,11-12,15H2,1-2H3. The maximum atomic E-state index is 13.5. The van der Waals surface area contributed by atoms with E-state index in [-0.39, 0.29) is 23.8 Å². The van der Waals surface area contributed by atoms with Gasteiger partial charge >= 0.3 is 0 Å². The predicted molar refractivity (Wildman–Crippen MR) is 119 cm³/mol. The maximum Gasteiger partial charge on any atom is 0.228 e. The maximum absolute atomic E-state index is 13.5. The lowest BCUT2D eigenvalue weighted by molar-refractivity contribution is -0.137. The number of amides is 2. The molecule has 4 nitrogen and oxygen atoms in total. The monoisotopic (exact) mass is 424 g/mol. The van der Waals surface area contributed by atoms with E-state index in [9.17, 15) is 9.59 Å². The number of benzene rings is 1. The van der Waals surface area contributed by atoms with Crippen LogP contribution < -0.4 is 4.90 Å². The fraction of sp³-hybridized carbons (Fsp3) is 0.304. The molecular formula is C23H24N2O2S2. The molecule has 3 aromatic rings. The van der Waals surface area contributed by atoms with E-state index in [0.29, 0.717) is 19.4 Å². The zero-order valence-electron chi connectivity index (χ0n) is 16.6. The van der Waals surface area contributed by atoms with E-state index in [4.69, 9.17) is 0 Å². The molecule has 0 radical (unpaired) electrons. The van der Waals surface area contributed by atoms with Gasteiger partial charge in [0.2, 0.25) is 11.8 Å². The van der Waals surface area contributed by atoms with Gasteiger partial charge in [-0.1, -0.05) is 29.8 Å². The molecule has 1 fully saturated rings. The van der Waals surface area contributed by atoms with Gasteiger partial charge in [-0.05, 0) is 48.4 Å². The van der Waals surface area contributed by atoms with Gasteiger partial charge in [-0.25, -0.2) is 0 Å². The third kappa shape index (κ3) is 4.14. The molecule has 2 amide bonds. The van der Waals surface area contributed by atoms with Crippen LogP contribution in [0.25, 0.3) is 0 Å². The minimum Gasteiger partial charge on any atom is -0.340 e. The first-order valence-electron chi connectivity index (χ1n) is 9.74. The van der Waals surface area contributed by atoms with Crippen molar-refractivity contribution in [2.45, 2.75) is 32.4 Å². The Morgan fingerprint density at radius 3 is 2.48 bits per heavy atom. The molecule has 1 saturated heterocycles. The number of aryl methyl sites for hydroxylation is 1. The van der Waals surface area contributed by atoms with Crippen LogP contribution >= 0.6 is 22.7 Å². The van der Waals surface area contributed by atoms with Crippen LogP contribution in [0.5, 0.6) is 0 Å². The number of hydrogen-bond acceptors (Lipinski definition) is 4.